The summed E-state index contributed by atoms with van der Waals surface area (Å²) in [7, 11) is 1.72. The Bertz CT molecular complexity index is 6.00. The minimum absolute atomic E-state index is 0. The number of halogens is 2. The van der Waals surface area contributed by atoms with E-state index in [0.717, 1.165) is 0 Å². The molecular weight excluding hydrogens is 82.1 g/mol. The van der Waals surface area contributed by atoms with E-state index < -0.39 is 0 Å². The largest absolute Gasteiger partial charge is 1.00 e. The molecule has 0 aliphatic carbocycles. The maximum Gasteiger partial charge on any atom is -1.00 e. The van der Waals surface area contributed by atoms with Crippen LogP contribution in [0.5, 0.6) is 0 Å². The summed E-state index contributed by atoms with van der Waals surface area (Å²) < 4.78 is 8.06. The van der Waals surface area contributed by atoms with E-state index in [4.69, 9.17) is 4.46 Å². The Morgan fingerprint density at radius 2 is 1.00 bits per heavy atom. The zero-order valence-corrected chi connectivity index (χ0v) is 2.66. The van der Waals surface area contributed by atoms with Crippen LogP contribution in [0.3, 0.4) is 0 Å². The molecule has 0 saturated heterocycles. The van der Waals surface area contributed by atoms with Crippen molar-refractivity contribution in [2.75, 3.05) is 0 Å². The molecule has 0 unspecified atom stereocenters. The summed E-state index contributed by atoms with van der Waals surface area (Å²) in [5.74, 6) is 0. The van der Waals surface area contributed by atoms with Crippen molar-refractivity contribution in [2.45, 2.75) is 0 Å². The number of hydrogen-bond acceptors (Lipinski definition) is 1. The molecule has 0 heterocycles. The monoisotopic (exact) mass is 82.0 g/mol. The van der Waals surface area contributed by atoms with Crippen molar-refractivity contribution in [1.82, 2.24) is 0 Å². The van der Waals surface area contributed by atoms with Crippen molar-refractivity contribution in [2.24, 2.45) is 0 Å². The summed E-state index contributed by atoms with van der Waals surface area (Å²) in [5, 5.41) is 0. The van der Waals surface area contributed by atoms with E-state index in [9.17, 15) is 0 Å². The van der Waals surface area contributed by atoms with Crippen molar-refractivity contribution in [3.05, 3.63) is 0 Å². The second-order valence-electron chi connectivity index (χ2n) is 0. The van der Waals surface area contributed by atoms with Crippen LogP contribution >= 0.6 is 0 Å². The molecule has 0 aromatic heterocycles. The first-order valence-corrected chi connectivity index (χ1v) is 0.612. The summed E-state index contributed by atoms with van der Waals surface area (Å²) in [6.45, 7) is 0. The van der Waals surface area contributed by atoms with Crippen LogP contribution < -0.4 is 9.41 Å². The predicted octanol–water partition coefficient (Wildman–Crippen LogP) is -6.49. The van der Waals surface area contributed by atoms with Crippen LogP contribution in [0.1, 0.15) is 0 Å². The van der Waals surface area contributed by atoms with E-state index in [1.165, 1.54) is 0 Å². The van der Waals surface area contributed by atoms with Gasteiger partial charge in [-0.3, -0.25) is 0 Å². The van der Waals surface area contributed by atoms with Crippen molar-refractivity contribution in [1.29, 1.82) is 0 Å². The summed E-state index contributed by atoms with van der Waals surface area (Å²) in [6.07, 6.45) is 0. The van der Waals surface area contributed by atoms with E-state index >= 15 is 0 Å². The van der Waals surface area contributed by atoms with Crippen molar-refractivity contribution in [3.8, 4) is 0 Å². The Morgan fingerprint density at radius 3 is 1.00 bits per heavy atom. The fraction of sp³-hybridized carbons (Fsp3) is 0. The minimum atomic E-state index is 0. The van der Waals surface area contributed by atoms with Crippen LogP contribution in [0.4, 0.5) is 0 Å². The summed E-state index contributed by atoms with van der Waals surface area (Å²) in [5.41, 5.74) is 0. The molecule has 0 saturated carbocycles. The third-order valence-electron chi connectivity index (χ3n) is 0. The fourth-order valence-corrected chi connectivity index (χ4v) is 0. The molecule has 4 heteroatoms. The van der Waals surface area contributed by atoms with Gasteiger partial charge in [0.2, 0.25) is 0 Å². The van der Waals surface area contributed by atoms with Crippen LogP contribution in [0.2, 0.25) is 0 Å². The number of rotatable bonds is 0. The summed E-state index contributed by atoms with van der Waals surface area (Å²) >= 11 is 0. The second kappa shape index (κ2) is 669. The van der Waals surface area contributed by atoms with Gasteiger partial charge >= 0.3 is 14.6 Å². The SMILES string of the molecule is O=[Si+2].[F-].[F-]. The molecule has 0 fully saturated rings. The van der Waals surface area contributed by atoms with Gasteiger partial charge in [0.1, 0.15) is 0 Å². The smallest absolute Gasteiger partial charge is 1.00 e. The summed E-state index contributed by atoms with van der Waals surface area (Å²) in [6, 6.07) is 0. The average Bonchev–Trinajstić information content (AvgIpc) is 1.00. The molecule has 0 aliphatic heterocycles. The molecule has 0 aliphatic rings. The fourth-order valence-electron chi connectivity index (χ4n) is 0. The molecule has 0 bridgehead atoms. The topological polar surface area (TPSA) is 17.1 Å². The van der Waals surface area contributed by atoms with Gasteiger partial charge in [0, 0.05) is 0 Å². The van der Waals surface area contributed by atoms with Gasteiger partial charge in [-0.1, -0.05) is 0 Å². The van der Waals surface area contributed by atoms with Crippen LogP contribution in [0.25, 0.3) is 0 Å². The molecule has 1 nitrogen and oxygen atoms in total. The molecule has 0 radical (unpaired) electrons. The van der Waals surface area contributed by atoms with Gasteiger partial charge in [0.15, 0.2) is 0 Å². The molecule has 0 N–H and O–H groups in total. The molecule has 24 valence electrons. The first-order valence-electron chi connectivity index (χ1n) is 0.204. The zero-order chi connectivity index (χ0) is 2.00. The van der Waals surface area contributed by atoms with Gasteiger partial charge in [-0.25, -0.2) is 0 Å². The van der Waals surface area contributed by atoms with Gasteiger partial charge < -0.3 is 9.41 Å². The maximum absolute atomic E-state index is 8.06. The maximum atomic E-state index is 8.06. The zero-order valence-electron chi connectivity index (χ0n) is 1.66. The Kier molecular flexibility index (Phi) is 6980. The van der Waals surface area contributed by atoms with Gasteiger partial charge in [0.25, 0.3) is 0 Å². The van der Waals surface area contributed by atoms with Crippen LogP contribution in [0.15, 0.2) is 0 Å². The van der Waals surface area contributed by atoms with E-state index in [1.807, 2.05) is 0 Å². The first-order chi connectivity index (χ1) is 1.00. The van der Waals surface area contributed by atoms with Crippen molar-refractivity contribution >= 4 is 10.1 Å². The van der Waals surface area contributed by atoms with Crippen LogP contribution in [-0.4, -0.2) is 10.1 Å². The third-order valence-corrected chi connectivity index (χ3v) is 0. The van der Waals surface area contributed by atoms with Crippen molar-refractivity contribution in [3.63, 3.8) is 0 Å². The summed E-state index contributed by atoms with van der Waals surface area (Å²) in [4.78, 5) is 0. The molecule has 0 aromatic rings. The third kappa shape index (κ3) is 95.2. The Hall–Kier alpha value is -0.123. The molecule has 4 heavy (non-hydrogen) atoms. The minimum Gasteiger partial charge on any atom is -1.00 e. The average molecular weight is 82.1 g/mol. The van der Waals surface area contributed by atoms with E-state index in [0.29, 0.717) is 0 Å². The van der Waals surface area contributed by atoms with Crippen LogP contribution in [-0.2, 0) is 4.46 Å². The quantitative estimate of drug-likeness (QED) is 0.266. The molecule has 0 amide bonds. The Morgan fingerprint density at radius 1 is 1.00 bits per heavy atom. The number of hydrogen-bond donors (Lipinski definition) is 0. The van der Waals surface area contributed by atoms with Gasteiger partial charge in [-0.05, 0) is 0 Å². The molecule has 0 aromatic carbocycles. The van der Waals surface area contributed by atoms with E-state index in [2.05, 4.69) is 0 Å². The van der Waals surface area contributed by atoms with E-state index in [-0.39, 0.29) is 9.41 Å². The normalized spacial score (nSPS) is 1.50. The van der Waals surface area contributed by atoms with Gasteiger partial charge in [0.05, 0.1) is 0 Å². The molecule has 0 atom stereocenters. The standard InChI is InChI=1S/2FH.OSi/c;;1-2/h2*1H;/q;;+2/p-2. The first kappa shape index (κ1) is 41.7. The molecule has 0 spiro atoms. The Balaban J connectivity index is -0.00000000500. The van der Waals surface area contributed by atoms with Crippen molar-refractivity contribution < 1.29 is 13.9 Å². The van der Waals surface area contributed by atoms with Crippen LogP contribution in [0, 0.1) is 0 Å². The Labute approximate surface area is 25.2 Å². The van der Waals surface area contributed by atoms with E-state index in [1.54, 1.807) is 10.1 Å². The molecular formula is F2OSi. The predicted molar refractivity (Wildman–Crippen MR) is 6.44 cm³/mol. The van der Waals surface area contributed by atoms with Gasteiger partial charge in [-0.2, -0.15) is 0 Å². The van der Waals surface area contributed by atoms with Gasteiger partial charge in [-0.15, -0.1) is 0 Å². The molecule has 0 rings (SSSR count). The second-order valence-corrected chi connectivity index (χ2v) is 0.